The van der Waals surface area contributed by atoms with E-state index in [0.717, 1.165) is 64.8 Å². The monoisotopic (exact) mass is 433 g/mol. The van der Waals surface area contributed by atoms with E-state index in [1.807, 2.05) is 0 Å². The van der Waals surface area contributed by atoms with Crippen molar-refractivity contribution in [1.82, 2.24) is 15.1 Å². The van der Waals surface area contributed by atoms with E-state index < -0.39 is 0 Å². The molecule has 0 aromatic carbocycles. The van der Waals surface area contributed by atoms with Gasteiger partial charge in [0, 0.05) is 44.8 Å². The van der Waals surface area contributed by atoms with Crippen molar-refractivity contribution in [3.63, 3.8) is 0 Å². The molecule has 0 radical (unpaired) electrons. The summed E-state index contributed by atoms with van der Waals surface area (Å²) in [5.41, 5.74) is -0.250. The highest BCUT2D eigenvalue weighted by Gasteiger charge is 2.55. The summed E-state index contributed by atoms with van der Waals surface area (Å²) < 4.78 is 5.50. The Morgan fingerprint density at radius 2 is 1.68 bits per heavy atom. The molecule has 0 aromatic heterocycles. The molecule has 1 saturated carbocycles. The third-order valence-electron chi connectivity index (χ3n) is 8.28. The topological polar surface area (TPSA) is 61.9 Å². The third-order valence-corrected chi connectivity index (χ3v) is 8.28. The zero-order valence-corrected chi connectivity index (χ0v) is 20.3. The fourth-order valence-electron chi connectivity index (χ4n) is 6.44. The number of hydrogen-bond donors (Lipinski definition) is 1. The molecular weight excluding hydrogens is 390 g/mol. The normalized spacial score (nSPS) is 34.2. The van der Waals surface area contributed by atoms with Crippen molar-refractivity contribution in [3.8, 4) is 0 Å². The van der Waals surface area contributed by atoms with Crippen molar-refractivity contribution in [1.29, 1.82) is 0 Å². The van der Waals surface area contributed by atoms with Crippen molar-refractivity contribution in [2.75, 3.05) is 26.3 Å². The van der Waals surface area contributed by atoms with Crippen LogP contribution in [-0.4, -0.2) is 72.1 Å². The number of carbonyl (C=O) groups excluding carboxylic acids is 2. The molecule has 31 heavy (non-hydrogen) atoms. The fourth-order valence-corrected chi connectivity index (χ4v) is 6.44. The van der Waals surface area contributed by atoms with Crippen LogP contribution < -0.4 is 5.32 Å². The molecule has 6 nitrogen and oxygen atoms in total. The number of fused-ring (bicyclic) bond motifs is 2. The van der Waals surface area contributed by atoms with E-state index in [1.165, 1.54) is 0 Å². The van der Waals surface area contributed by atoms with Gasteiger partial charge in [0.25, 0.3) is 0 Å². The number of hydrogen-bond acceptors (Lipinski definition) is 4. The van der Waals surface area contributed by atoms with Crippen LogP contribution in [0, 0.1) is 16.7 Å². The Bertz CT molecular complexity index is 682. The van der Waals surface area contributed by atoms with E-state index in [0.29, 0.717) is 30.3 Å². The molecule has 4 atom stereocenters. The number of nitrogens with zero attached hydrogens (tertiary/aromatic N) is 2. The molecule has 4 fully saturated rings. The maximum Gasteiger partial charge on any atom is 0.229 e. The highest BCUT2D eigenvalue weighted by Crippen LogP contribution is 2.48. The molecule has 3 saturated heterocycles. The molecule has 3 heterocycles. The number of carbonyl (C=O) groups is 2. The SMILES string of the molecule is CC(C)[C@]1(C(=O)N2C[C@@H]3C[C@H]2CN3C(=O)CC(C)(C)C)CC[C@@H](NC2CCOCC2)C1. The van der Waals surface area contributed by atoms with Crippen LogP contribution in [0.2, 0.25) is 0 Å². The lowest BCUT2D eigenvalue weighted by atomic mass is 9.74. The third kappa shape index (κ3) is 4.66. The van der Waals surface area contributed by atoms with Crippen LogP contribution in [0.3, 0.4) is 0 Å². The number of likely N-dealkylation sites (tertiary alicyclic amines) is 2. The van der Waals surface area contributed by atoms with Crippen LogP contribution in [0.4, 0.5) is 0 Å². The summed E-state index contributed by atoms with van der Waals surface area (Å²) in [6, 6.07) is 1.38. The maximum atomic E-state index is 13.9. The van der Waals surface area contributed by atoms with Gasteiger partial charge in [-0.2, -0.15) is 0 Å². The molecular formula is C25H43N3O3. The van der Waals surface area contributed by atoms with E-state index in [2.05, 4.69) is 49.7 Å². The number of piperazine rings is 1. The minimum absolute atomic E-state index is 0.00639. The van der Waals surface area contributed by atoms with Crippen LogP contribution in [-0.2, 0) is 14.3 Å². The molecule has 4 aliphatic rings. The summed E-state index contributed by atoms with van der Waals surface area (Å²) in [7, 11) is 0. The van der Waals surface area contributed by atoms with Crippen molar-refractivity contribution in [2.24, 2.45) is 16.7 Å². The summed E-state index contributed by atoms with van der Waals surface area (Å²) in [5, 5.41) is 3.85. The van der Waals surface area contributed by atoms with Gasteiger partial charge in [-0.1, -0.05) is 34.6 Å². The van der Waals surface area contributed by atoms with Crippen molar-refractivity contribution in [3.05, 3.63) is 0 Å². The number of amides is 2. The molecule has 2 amide bonds. The summed E-state index contributed by atoms with van der Waals surface area (Å²) in [6.45, 7) is 13.9. The Morgan fingerprint density at radius 3 is 2.26 bits per heavy atom. The Balaban J connectivity index is 1.38. The van der Waals surface area contributed by atoms with E-state index in [9.17, 15) is 9.59 Å². The highest BCUT2D eigenvalue weighted by molar-refractivity contribution is 5.85. The Labute approximate surface area is 188 Å². The number of nitrogens with one attached hydrogen (secondary N) is 1. The van der Waals surface area contributed by atoms with Crippen molar-refractivity contribution in [2.45, 2.75) is 104 Å². The van der Waals surface area contributed by atoms with Gasteiger partial charge >= 0.3 is 0 Å². The number of rotatable bonds is 5. The lowest BCUT2D eigenvalue weighted by Gasteiger charge is -2.42. The first-order valence-electron chi connectivity index (χ1n) is 12.5. The zero-order chi connectivity index (χ0) is 22.4. The van der Waals surface area contributed by atoms with Gasteiger partial charge in [-0.25, -0.2) is 0 Å². The Hall–Kier alpha value is -1.14. The lowest BCUT2D eigenvalue weighted by Crippen LogP contribution is -2.55. The Morgan fingerprint density at radius 1 is 1.03 bits per heavy atom. The van der Waals surface area contributed by atoms with E-state index in [-0.39, 0.29) is 28.8 Å². The van der Waals surface area contributed by atoms with Gasteiger partial charge in [-0.15, -0.1) is 0 Å². The van der Waals surface area contributed by atoms with E-state index in [4.69, 9.17) is 4.74 Å². The molecule has 4 rings (SSSR count). The maximum absolute atomic E-state index is 13.9. The first-order chi connectivity index (χ1) is 14.6. The average molecular weight is 434 g/mol. The molecule has 176 valence electrons. The van der Waals surface area contributed by atoms with Crippen LogP contribution in [0.25, 0.3) is 0 Å². The molecule has 0 spiro atoms. The molecule has 0 aromatic rings. The summed E-state index contributed by atoms with van der Waals surface area (Å²) in [6.07, 6.45) is 6.70. The van der Waals surface area contributed by atoms with Crippen LogP contribution in [0.1, 0.15) is 79.6 Å². The minimum atomic E-state index is -0.256. The predicted octanol–water partition coefficient (Wildman–Crippen LogP) is 3.20. The summed E-state index contributed by atoms with van der Waals surface area (Å²) in [4.78, 5) is 30.9. The van der Waals surface area contributed by atoms with Crippen molar-refractivity contribution < 1.29 is 14.3 Å². The lowest BCUT2D eigenvalue weighted by molar-refractivity contribution is -0.150. The second kappa shape index (κ2) is 8.66. The van der Waals surface area contributed by atoms with Crippen LogP contribution >= 0.6 is 0 Å². The predicted molar refractivity (Wildman–Crippen MR) is 122 cm³/mol. The van der Waals surface area contributed by atoms with Gasteiger partial charge in [0.2, 0.25) is 11.8 Å². The van der Waals surface area contributed by atoms with Gasteiger partial charge in [0.05, 0.1) is 17.5 Å². The molecule has 2 bridgehead atoms. The standard InChI is InChI=1S/C25H43N3O3/c1-17(2)25(9-6-19(13-25)26-18-7-10-31-11-8-18)23(30)28-16-20-12-21(28)15-27(20)22(29)14-24(3,4)5/h17-21,26H,6-16H2,1-5H3/t19-,20+,21+,25+/m1/s1. The Kier molecular flexibility index (Phi) is 6.43. The fraction of sp³-hybridized carbons (Fsp3) is 0.920. The van der Waals surface area contributed by atoms with Crippen molar-refractivity contribution >= 4 is 11.8 Å². The first kappa shape index (κ1) is 23.0. The minimum Gasteiger partial charge on any atom is -0.381 e. The van der Waals surface area contributed by atoms with Gasteiger partial charge in [-0.3, -0.25) is 9.59 Å². The largest absolute Gasteiger partial charge is 0.381 e. The molecule has 6 heteroatoms. The molecule has 3 aliphatic heterocycles. The quantitative estimate of drug-likeness (QED) is 0.723. The zero-order valence-electron chi connectivity index (χ0n) is 20.3. The van der Waals surface area contributed by atoms with E-state index in [1.54, 1.807) is 0 Å². The van der Waals surface area contributed by atoms with Gasteiger partial charge in [0.15, 0.2) is 0 Å². The summed E-state index contributed by atoms with van der Waals surface area (Å²) in [5.74, 6) is 0.945. The average Bonchev–Trinajstić information content (AvgIpc) is 3.41. The summed E-state index contributed by atoms with van der Waals surface area (Å²) >= 11 is 0. The van der Waals surface area contributed by atoms with Crippen LogP contribution in [0.15, 0.2) is 0 Å². The van der Waals surface area contributed by atoms with Crippen LogP contribution in [0.5, 0.6) is 0 Å². The van der Waals surface area contributed by atoms with E-state index >= 15 is 0 Å². The first-order valence-corrected chi connectivity index (χ1v) is 12.5. The van der Waals surface area contributed by atoms with Gasteiger partial charge in [-0.05, 0) is 49.9 Å². The second-order valence-electron chi connectivity index (χ2n) is 12.1. The number of ether oxygens (including phenoxy) is 1. The molecule has 1 N–H and O–H groups in total. The molecule has 0 unspecified atom stereocenters. The van der Waals surface area contributed by atoms with Gasteiger partial charge < -0.3 is 19.9 Å². The smallest absolute Gasteiger partial charge is 0.229 e. The molecule has 1 aliphatic carbocycles. The highest BCUT2D eigenvalue weighted by atomic mass is 16.5. The van der Waals surface area contributed by atoms with Gasteiger partial charge in [0.1, 0.15) is 0 Å². The second-order valence-corrected chi connectivity index (χ2v) is 12.1.